The Morgan fingerprint density at radius 1 is 0.725 bits per heavy atom. The first-order valence-electron chi connectivity index (χ1n) is 24.8. The van der Waals surface area contributed by atoms with Crippen molar-refractivity contribution >= 4 is 30.3 Å². The number of alkyl carbamates (subject to hydrolysis) is 3. The predicted molar refractivity (Wildman–Crippen MR) is 256 cm³/mol. The number of hydrogen-bond donors (Lipinski definition) is 7. The summed E-state index contributed by atoms with van der Waals surface area (Å²) in [4.78, 5) is 66.6. The van der Waals surface area contributed by atoms with Crippen LogP contribution in [0.15, 0.2) is 11.8 Å². The second-order valence-corrected chi connectivity index (χ2v) is 23.0. The third-order valence-electron chi connectivity index (χ3n) is 11.9. The summed E-state index contributed by atoms with van der Waals surface area (Å²) in [7, 11) is 1.57. The Morgan fingerprint density at radius 3 is 1.91 bits per heavy atom. The highest BCUT2D eigenvalue weighted by atomic mass is 16.7. The van der Waals surface area contributed by atoms with Gasteiger partial charge in [-0.25, -0.2) is 19.2 Å². The van der Waals surface area contributed by atoms with Gasteiger partial charge in [0.1, 0.15) is 52.6 Å². The lowest BCUT2D eigenvalue weighted by Crippen LogP contribution is -2.68. The van der Waals surface area contributed by atoms with Crippen molar-refractivity contribution in [3.05, 3.63) is 11.8 Å². The fourth-order valence-corrected chi connectivity index (χ4v) is 8.80. The molecule has 3 aliphatic carbocycles. The molecule has 1 heterocycles. The first-order valence-corrected chi connectivity index (χ1v) is 24.8. The summed E-state index contributed by atoms with van der Waals surface area (Å²) in [6.45, 7) is 23.9. The summed E-state index contributed by atoms with van der Waals surface area (Å²) in [6, 6.07) is -2.65. The summed E-state index contributed by atoms with van der Waals surface area (Å²) >= 11 is 0. The summed E-state index contributed by atoms with van der Waals surface area (Å²) < 4.78 is 41.7. The zero-order valence-electron chi connectivity index (χ0n) is 43.7. The molecule has 11 atom stereocenters. The van der Waals surface area contributed by atoms with Gasteiger partial charge >= 0.3 is 24.4 Å². The highest BCUT2D eigenvalue weighted by Gasteiger charge is 2.51. The van der Waals surface area contributed by atoms with E-state index >= 15 is 0 Å². The Hall–Kier alpha value is -4.11. The molecule has 1 aliphatic heterocycles. The van der Waals surface area contributed by atoms with E-state index in [2.05, 4.69) is 26.6 Å². The Bertz CT molecular complexity index is 1750. The molecule has 396 valence electrons. The number of ether oxygens (including phenoxy) is 7. The van der Waals surface area contributed by atoms with Crippen molar-refractivity contribution in [3.63, 3.8) is 0 Å². The average Bonchev–Trinajstić information content (AvgIpc) is 4.03. The van der Waals surface area contributed by atoms with E-state index in [1.807, 2.05) is 33.8 Å². The molecule has 3 saturated carbocycles. The van der Waals surface area contributed by atoms with Crippen molar-refractivity contribution in [2.24, 2.45) is 11.8 Å². The molecule has 69 heavy (non-hydrogen) atoms. The van der Waals surface area contributed by atoms with Gasteiger partial charge in [0.2, 0.25) is 5.91 Å². The molecule has 0 aromatic rings. The molecule has 1 unspecified atom stereocenters. The highest BCUT2D eigenvalue weighted by molar-refractivity contribution is 5.77. The lowest BCUT2D eigenvalue weighted by molar-refractivity contribution is -0.237. The third-order valence-corrected chi connectivity index (χ3v) is 11.9. The molecule has 20 heteroatoms. The Morgan fingerprint density at radius 2 is 1.30 bits per heavy atom. The maximum absolute atomic E-state index is 13.6. The first-order chi connectivity index (χ1) is 31.9. The number of nitrogens with zero attached hydrogens (tertiary/aromatic N) is 1. The zero-order valence-corrected chi connectivity index (χ0v) is 43.7. The largest absolute Gasteiger partial charge is 0.468 e. The van der Waals surface area contributed by atoms with Crippen LogP contribution in [0.5, 0.6) is 0 Å². The summed E-state index contributed by atoms with van der Waals surface area (Å²) in [5.74, 6) is 0.385. The lowest BCUT2D eigenvalue weighted by atomic mass is 9.79. The van der Waals surface area contributed by atoms with E-state index in [9.17, 15) is 34.2 Å². The van der Waals surface area contributed by atoms with Gasteiger partial charge in [-0.05, 0) is 152 Å². The molecule has 0 aromatic heterocycles. The molecule has 4 aliphatic rings. The van der Waals surface area contributed by atoms with E-state index in [0.29, 0.717) is 56.9 Å². The smallest absolute Gasteiger partial charge is 0.410 e. The van der Waals surface area contributed by atoms with Gasteiger partial charge in [0, 0.05) is 32.5 Å². The van der Waals surface area contributed by atoms with E-state index < -0.39 is 108 Å². The number of hydrogen-bond acceptors (Lipinski definition) is 15. The average molecular weight is 983 g/mol. The number of rotatable bonds is 17. The molecule has 0 spiro atoms. The van der Waals surface area contributed by atoms with Crippen molar-refractivity contribution in [1.29, 1.82) is 0 Å². The molecule has 4 rings (SSSR count). The second kappa shape index (κ2) is 24.3. The molecule has 3 fully saturated rings. The monoisotopic (exact) mass is 983 g/mol. The van der Waals surface area contributed by atoms with E-state index in [1.54, 1.807) is 69.4 Å². The molecular weight excluding hydrogens is 897 g/mol. The van der Waals surface area contributed by atoms with Crippen LogP contribution >= 0.6 is 0 Å². The summed E-state index contributed by atoms with van der Waals surface area (Å²) in [5, 5.41) is 39.3. The number of nitrogens with one attached hydrogen (secondary N) is 5. The number of likely N-dealkylation sites (N-methyl/N-ethyl adjacent to an activating group) is 1. The van der Waals surface area contributed by atoms with Crippen molar-refractivity contribution in [3.8, 4) is 0 Å². The second-order valence-electron chi connectivity index (χ2n) is 23.0. The van der Waals surface area contributed by atoms with Crippen molar-refractivity contribution in [2.45, 2.75) is 231 Å². The lowest BCUT2D eigenvalue weighted by Gasteiger charge is -2.49. The van der Waals surface area contributed by atoms with Crippen LogP contribution in [0.2, 0.25) is 0 Å². The molecule has 0 saturated heterocycles. The predicted octanol–water partition coefficient (Wildman–Crippen LogP) is 5.51. The normalized spacial score (nSPS) is 28.1. The molecule has 7 N–H and O–H groups in total. The third kappa shape index (κ3) is 19.9. The van der Waals surface area contributed by atoms with Gasteiger partial charge in [0.05, 0.1) is 30.8 Å². The number of carbonyl (C=O) groups excluding carboxylic acids is 5. The number of carbonyl (C=O) groups is 5. The van der Waals surface area contributed by atoms with E-state index in [0.717, 1.165) is 12.8 Å². The molecule has 0 aromatic carbocycles. The standard InChI is InChI=1S/C49H86N6O14/c1-28-18-21-34(38(57)37(28)55(14)45(62)69-49(11,12)13)64-40-32(52-35(56)23-25-51-42(59)66-46(2,3)4)26-33(54-44(61)68-48(8,9)10)41(39(40)58)65-36-17-15-16-30(63-36)27-50-24-22-31(29-19-20-29)53-43(60)67-47(5,6)7/h16,28-29,31-34,36-41,50,57-58H,15,17-27H2,1-14H3,(H,51,59)(H,52,56)(H,53,60)(H,54,61)/t28-,31?,32-,33+,34+,36-,37+,38+,39-,40+,41-/m1/s1. The van der Waals surface area contributed by atoms with Gasteiger partial charge in [-0.3, -0.25) is 4.79 Å². The number of amides is 5. The topological polar surface area (TPSA) is 254 Å². The Balaban J connectivity index is 1.54. The van der Waals surface area contributed by atoms with Crippen LogP contribution in [-0.2, 0) is 38.0 Å². The van der Waals surface area contributed by atoms with Crippen LogP contribution < -0.4 is 26.6 Å². The molecule has 5 amide bonds. The quantitative estimate of drug-likeness (QED) is 0.0701. The van der Waals surface area contributed by atoms with E-state index in [1.165, 1.54) is 4.90 Å². The van der Waals surface area contributed by atoms with Crippen molar-refractivity contribution in [1.82, 2.24) is 31.5 Å². The maximum Gasteiger partial charge on any atom is 0.410 e. The van der Waals surface area contributed by atoms with Gasteiger partial charge < -0.3 is 74.9 Å². The molecule has 20 nitrogen and oxygen atoms in total. The fourth-order valence-electron chi connectivity index (χ4n) is 8.80. The van der Waals surface area contributed by atoms with Gasteiger partial charge in [-0.15, -0.1) is 0 Å². The van der Waals surface area contributed by atoms with E-state index in [4.69, 9.17) is 33.2 Å². The summed E-state index contributed by atoms with van der Waals surface area (Å²) in [5.41, 5.74) is -2.99. The van der Waals surface area contributed by atoms with Crippen LogP contribution in [0.3, 0.4) is 0 Å². The fraction of sp³-hybridized carbons (Fsp3) is 0.857. The Labute approximate surface area is 409 Å². The minimum atomic E-state index is -1.52. The maximum atomic E-state index is 13.6. The minimum Gasteiger partial charge on any atom is -0.468 e. The Kier molecular flexibility index (Phi) is 20.3. The van der Waals surface area contributed by atoms with Crippen molar-refractivity contribution < 1.29 is 67.3 Å². The van der Waals surface area contributed by atoms with Crippen LogP contribution in [-0.4, -0.2) is 155 Å². The van der Waals surface area contributed by atoms with Gasteiger partial charge in [0.15, 0.2) is 6.29 Å². The first kappa shape index (κ1) is 57.5. The van der Waals surface area contributed by atoms with Crippen molar-refractivity contribution in [2.75, 3.05) is 26.7 Å². The van der Waals surface area contributed by atoms with Gasteiger partial charge in [-0.1, -0.05) is 6.92 Å². The van der Waals surface area contributed by atoms with Crippen LogP contribution in [0.1, 0.15) is 148 Å². The SMILES string of the molecule is C[C@@H]1CC[C@H](O[C@@H]2[C@@H](O)[C@H](O[C@@H]3CCC=C(CNCCC(NC(=O)OC(C)(C)C)C4CC4)O3)[C@@H](NC(=O)OC(C)(C)C)C[C@H]2NC(=O)CCNC(=O)OC(C)(C)C)[C@H](O)[C@H]1N(C)C(=O)OC(C)(C)C. The van der Waals surface area contributed by atoms with Gasteiger partial charge in [0.25, 0.3) is 0 Å². The minimum absolute atomic E-state index is 0.00616. The zero-order chi connectivity index (χ0) is 51.6. The van der Waals surface area contributed by atoms with Gasteiger partial charge in [-0.2, -0.15) is 0 Å². The van der Waals surface area contributed by atoms with E-state index in [-0.39, 0.29) is 31.3 Å². The molecule has 0 radical (unpaired) electrons. The molecule has 0 bridgehead atoms. The van der Waals surface area contributed by atoms with Crippen LogP contribution in [0, 0.1) is 11.8 Å². The number of allylic oxidation sites excluding steroid dienone is 1. The number of aliphatic hydroxyl groups is 2. The molecular formula is C49H86N6O14. The summed E-state index contributed by atoms with van der Waals surface area (Å²) in [6.07, 6.45) is -2.89. The van der Waals surface area contributed by atoms with Crippen LogP contribution in [0.4, 0.5) is 19.2 Å². The number of aliphatic hydroxyl groups excluding tert-OH is 2. The highest BCUT2D eigenvalue weighted by Crippen LogP contribution is 2.36. The van der Waals surface area contributed by atoms with Crippen LogP contribution in [0.25, 0.3) is 0 Å².